The molecule has 0 amide bonds. The van der Waals surface area contributed by atoms with Crippen molar-refractivity contribution in [3.63, 3.8) is 0 Å². The number of hydrogen-bond acceptors (Lipinski definition) is 6. The van der Waals surface area contributed by atoms with E-state index in [-0.39, 0.29) is 23.2 Å². The maximum Gasteiger partial charge on any atom is 0.273 e. The van der Waals surface area contributed by atoms with Crippen molar-refractivity contribution in [1.82, 2.24) is 0 Å². The number of nitro benzene ring substituents is 1. The second-order valence-corrected chi connectivity index (χ2v) is 7.42. The largest absolute Gasteiger partial charge is 0.385 e. The van der Waals surface area contributed by atoms with Crippen LogP contribution in [0.15, 0.2) is 18.2 Å². The average molecular weight is 313 g/mol. The van der Waals surface area contributed by atoms with Crippen molar-refractivity contribution in [2.45, 2.75) is 19.4 Å². The molecule has 2 rings (SSSR count). The molecule has 0 bridgehead atoms. The minimum absolute atomic E-state index is 0.00356. The van der Waals surface area contributed by atoms with E-state index in [1.807, 2.05) is 11.8 Å². The van der Waals surface area contributed by atoms with Crippen LogP contribution in [0.5, 0.6) is 0 Å². The maximum atomic E-state index is 11.6. The lowest BCUT2D eigenvalue weighted by Crippen LogP contribution is -2.32. The van der Waals surface area contributed by atoms with E-state index in [9.17, 15) is 18.5 Å². The molecule has 0 aromatic heterocycles. The molecule has 116 valence electrons. The number of nitrogens with zero attached hydrogens (tertiary/aromatic N) is 2. The first-order valence-electron chi connectivity index (χ1n) is 6.79. The highest BCUT2D eigenvalue weighted by Gasteiger charge is 2.31. The van der Waals surface area contributed by atoms with Gasteiger partial charge in [-0.05, 0) is 19.4 Å². The summed E-state index contributed by atoms with van der Waals surface area (Å²) in [6, 6.07) is 4.63. The molecule has 8 heteroatoms. The van der Waals surface area contributed by atoms with E-state index < -0.39 is 14.8 Å². The highest BCUT2D eigenvalue weighted by atomic mass is 32.2. The molecule has 0 aliphatic carbocycles. The van der Waals surface area contributed by atoms with Crippen LogP contribution >= 0.6 is 0 Å². The van der Waals surface area contributed by atoms with Crippen molar-refractivity contribution in [3.8, 4) is 0 Å². The van der Waals surface area contributed by atoms with Crippen LogP contribution in [-0.2, 0) is 9.84 Å². The van der Waals surface area contributed by atoms with Crippen LogP contribution in [0.2, 0.25) is 0 Å². The van der Waals surface area contributed by atoms with Gasteiger partial charge in [-0.3, -0.25) is 10.1 Å². The molecule has 1 saturated heterocycles. The summed E-state index contributed by atoms with van der Waals surface area (Å²) in [6.45, 7) is 2.56. The molecular weight excluding hydrogens is 294 g/mol. The van der Waals surface area contributed by atoms with Crippen molar-refractivity contribution in [3.05, 3.63) is 28.3 Å². The molecule has 1 aromatic carbocycles. The summed E-state index contributed by atoms with van der Waals surface area (Å²) in [5, 5.41) is 14.1. The summed E-state index contributed by atoms with van der Waals surface area (Å²) in [6.07, 6.45) is 0.554. The zero-order valence-electron chi connectivity index (χ0n) is 12.1. The lowest BCUT2D eigenvalue weighted by molar-refractivity contribution is -0.384. The van der Waals surface area contributed by atoms with E-state index in [1.165, 1.54) is 12.1 Å². The van der Waals surface area contributed by atoms with Crippen molar-refractivity contribution >= 4 is 26.9 Å². The zero-order chi connectivity index (χ0) is 15.6. The fraction of sp³-hybridized carbons (Fsp3) is 0.538. The van der Waals surface area contributed by atoms with Crippen molar-refractivity contribution in [2.75, 3.05) is 35.3 Å². The van der Waals surface area contributed by atoms with Gasteiger partial charge in [0.1, 0.15) is 0 Å². The molecule has 1 heterocycles. The monoisotopic (exact) mass is 313 g/mol. The van der Waals surface area contributed by atoms with Crippen molar-refractivity contribution in [1.29, 1.82) is 0 Å². The van der Waals surface area contributed by atoms with Crippen LogP contribution in [0.1, 0.15) is 13.3 Å². The number of sulfone groups is 1. The first-order chi connectivity index (χ1) is 9.82. The first kappa shape index (κ1) is 15.6. The fourth-order valence-electron chi connectivity index (χ4n) is 2.50. The van der Waals surface area contributed by atoms with Gasteiger partial charge in [-0.25, -0.2) is 8.42 Å². The average Bonchev–Trinajstić information content (AvgIpc) is 2.78. The Kier molecular flexibility index (Phi) is 4.36. The van der Waals surface area contributed by atoms with E-state index >= 15 is 0 Å². The third kappa shape index (κ3) is 3.63. The fourth-order valence-corrected chi connectivity index (χ4v) is 4.28. The molecule has 0 radical (unpaired) electrons. The molecule has 7 nitrogen and oxygen atoms in total. The Labute approximate surface area is 124 Å². The van der Waals surface area contributed by atoms with Crippen LogP contribution in [0.3, 0.4) is 0 Å². The van der Waals surface area contributed by atoms with Gasteiger partial charge in [0.05, 0.1) is 16.4 Å². The summed E-state index contributed by atoms with van der Waals surface area (Å²) in [7, 11) is -1.21. The standard InChI is InChI=1S/C13H19N3O4S/c1-3-14-10-6-12(8-13(7-10)16(17)18)15(2)11-4-5-21(19,20)9-11/h6-8,11,14H,3-5,9H2,1-2H3. The number of anilines is 2. The maximum absolute atomic E-state index is 11.6. The van der Waals surface area contributed by atoms with E-state index in [1.54, 1.807) is 13.1 Å². The second kappa shape index (κ2) is 5.88. The molecule has 1 fully saturated rings. The number of nitrogens with one attached hydrogen (secondary N) is 1. The molecule has 1 atom stereocenters. The molecule has 1 aromatic rings. The van der Waals surface area contributed by atoms with Crippen LogP contribution < -0.4 is 10.2 Å². The van der Waals surface area contributed by atoms with Crippen molar-refractivity contribution < 1.29 is 13.3 Å². The summed E-state index contributed by atoms with van der Waals surface area (Å²) in [5.41, 5.74) is 1.31. The molecule has 0 saturated carbocycles. The van der Waals surface area contributed by atoms with Crippen LogP contribution in [0, 0.1) is 10.1 Å². The number of hydrogen-bond donors (Lipinski definition) is 1. The predicted octanol–water partition coefficient (Wildman–Crippen LogP) is 1.65. The lowest BCUT2D eigenvalue weighted by Gasteiger charge is -2.26. The van der Waals surface area contributed by atoms with Gasteiger partial charge >= 0.3 is 0 Å². The summed E-state index contributed by atoms with van der Waals surface area (Å²) in [4.78, 5) is 12.4. The third-order valence-corrected chi connectivity index (χ3v) is 5.41. The second-order valence-electron chi connectivity index (χ2n) is 5.19. The lowest BCUT2D eigenvalue weighted by atomic mass is 10.1. The Balaban J connectivity index is 2.31. The SMILES string of the molecule is CCNc1cc(N(C)C2CCS(=O)(=O)C2)cc([N+](=O)[O-])c1. The van der Waals surface area contributed by atoms with Gasteiger partial charge in [-0.15, -0.1) is 0 Å². The molecule has 1 aliphatic rings. The Bertz CT molecular complexity index is 645. The molecule has 1 N–H and O–H groups in total. The van der Waals surface area contributed by atoms with Crippen LogP contribution in [0.4, 0.5) is 17.1 Å². The van der Waals surface area contributed by atoms with Gasteiger partial charge in [0.15, 0.2) is 9.84 Å². The first-order valence-corrected chi connectivity index (χ1v) is 8.61. The van der Waals surface area contributed by atoms with E-state index in [2.05, 4.69) is 5.32 Å². The number of rotatable bonds is 5. The third-order valence-electron chi connectivity index (χ3n) is 3.66. The Morgan fingerprint density at radius 2 is 2.14 bits per heavy atom. The number of benzene rings is 1. The van der Waals surface area contributed by atoms with E-state index in [0.29, 0.717) is 24.3 Å². The summed E-state index contributed by atoms with van der Waals surface area (Å²) >= 11 is 0. The summed E-state index contributed by atoms with van der Waals surface area (Å²) in [5.74, 6) is 0.278. The number of non-ortho nitro benzene ring substituents is 1. The Morgan fingerprint density at radius 1 is 1.43 bits per heavy atom. The topological polar surface area (TPSA) is 92.6 Å². The van der Waals surface area contributed by atoms with Gasteiger partial charge < -0.3 is 10.2 Å². The molecule has 1 unspecified atom stereocenters. The molecule has 0 spiro atoms. The molecule has 21 heavy (non-hydrogen) atoms. The van der Waals surface area contributed by atoms with Crippen molar-refractivity contribution in [2.24, 2.45) is 0 Å². The van der Waals surface area contributed by atoms with Crippen LogP contribution in [-0.4, -0.2) is 44.5 Å². The number of nitro groups is 1. The highest BCUT2D eigenvalue weighted by Crippen LogP contribution is 2.29. The molecule has 1 aliphatic heterocycles. The smallest absolute Gasteiger partial charge is 0.273 e. The normalized spacial score (nSPS) is 20.2. The minimum Gasteiger partial charge on any atom is -0.385 e. The van der Waals surface area contributed by atoms with Gasteiger partial charge in [0.25, 0.3) is 5.69 Å². The summed E-state index contributed by atoms with van der Waals surface area (Å²) < 4.78 is 23.1. The Hall–Kier alpha value is -1.83. The van der Waals surface area contributed by atoms with Gasteiger partial charge in [-0.1, -0.05) is 0 Å². The molecular formula is C13H19N3O4S. The highest BCUT2D eigenvalue weighted by molar-refractivity contribution is 7.91. The van der Waals surface area contributed by atoms with Gasteiger partial charge in [-0.2, -0.15) is 0 Å². The predicted molar refractivity (Wildman–Crippen MR) is 82.7 cm³/mol. The van der Waals surface area contributed by atoms with Crippen LogP contribution in [0.25, 0.3) is 0 Å². The van der Waals surface area contributed by atoms with Gasteiger partial charge in [0.2, 0.25) is 0 Å². The Morgan fingerprint density at radius 3 is 2.67 bits per heavy atom. The quantitative estimate of drug-likeness (QED) is 0.656. The van der Waals surface area contributed by atoms with Gasteiger partial charge in [0, 0.05) is 43.1 Å². The zero-order valence-corrected chi connectivity index (χ0v) is 12.9. The minimum atomic E-state index is -2.99. The van der Waals surface area contributed by atoms with E-state index in [4.69, 9.17) is 0 Å². The van der Waals surface area contributed by atoms with E-state index in [0.717, 1.165) is 0 Å².